The molecule has 1 saturated heterocycles. The van der Waals surface area contributed by atoms with Gasteiger partial charge in [-0.05, 0) is 12.1 Å². The minimum absolute atomic E-state index is 0.339. The molecule has 92 valence electrons. The molecule has 1 atom stereocenters. The monoisotopic (exact) mass is 237 g/mol. The third-order valence-electron chi connectivity index (χ3n) is 2.74. The molecule has 6 heteroatoms. The minimum Gasteiger partial charge on any atom is -0.468 e. The Balaban J connectivity index is 2.08. The Labute approximate surface area is 99.0 Å². The standard InChI is InChI=1S/C11H15N3O3/c1-16-13-8-5-10(11(12)15)14(6-8)7-9-3-2-4-17-9/h2-4,10H,5-7H2,1H3,(H2,12,15). The molecule has 1 fully saturated rings. The molecule has 0 aromatic carbocycles. The number of amides is 1. The van der Waals surface area contributed by atoms with E-state index in [-0.39, 0.29) is 11.9 Å². The molecule has 1 aromatic heterocycles. The van der Waals surface area contributed by atoms with E-state index < -0.39 is 0 Å². The predicted octanol–water partition coefficient (Wildman–Crippen LogP) is 0.342. The van der Waals surface area contributed by atoms with Gasteiger partial charge in [-0.2, -0.15) is 0 Å². The topological polar surface area (TPSA) is 81.1 Å². The largest absolute Gasteiger partial charge is 0.468 e. The van der Waals surface area contributed by atoms with Crippen molar-refractivity contribution in [2.45, 2.75) is 19.0 Å². The lowest BCUT2D eigenvalue weighted by Crippen LogP contribution is -2.39. The fourth-order valence-corrected chi connectivity index (χ4v) is 2.01. The molecule has 0 spiro atoms. The van der Waals surface area contributed by atoms with Gasteiger partial charge < -0.3 is 15.0 Å². The SMILES string of the molecule is CON=C1CC(C(N)=O)N(Cc2ccco2)C1. The average Bonchev–Trinajstić information content (AvgIpc) is 2.89. The minimum atomic E-state index is -0.349. The molecule has 0 bridgehead atoms. The number of furan rings is 1. The second-order valence-electron chi connectivity index (χ2n) is 3.95. The summed E-state index contributed by atoms with van der Waals surface area (Å²) in [7, 11) is 1.49. The van der Waals surface area contributed by atoms with Crippen molar-refractivity contribution in [3.8, 4) is 0 Å². The van der Waals surface area contributed by atoms with Crippen LogP contribution in [-0.2, 0) is 16.2 Å². The third kappa shape index (κ3) is 2.65. The number of nitrogens with two attached hydrogens (primary N) is 1. The lowest BCUT2D eigenvalue weighted by Gasteiger charge is -2.19. The quantitative estimate of drug-likeness (QED) is 0.766. The van der Waals surface area contributed by atoms with Crippen LogP contribution in [-0.4, -0.2) is 36.2 Å². The number of carbonyl (C=O) groups excluding carboxylic acids is 1. The summed E-state index contributed by atoms with van der Waals surface area (Å²) in [5, 5.41) is 3.87. The van der Waals surface area contributed by atoms with Gasteiger partial charge in [-0.3, -0.25) is 9.69 Å². The summed E-state index contributed by atoms with van der Waals surface area (Å²) in [5.74, 6) is 0.452. The van der Waals surface area contributed by atoms with Gasteiger partial charge in [0.1, 0.15) is 12.9 Å². The fourth-order valence-electron chi connectivity index (χ4n) is 2.01. The van der Waals surface area contributed by atoms with Gasteiger partial charge in [0.25, 0.3) is 0 Å². The molecule has 17 heavy (non-hydrogen) atoms. The van der Waals surface area contributed by atoms with Gasteiger partial charge in [0.2, 0.25) is 5.91 Å². The van der Waals surface area contributed by atoms with Crippen molar-refractivity contribution < 1.29 is 14.0 Å². The number of oxime groups is 1. The Bertz CT molecular complexity index is 414. The van der Waals surface area contributed by atoms with Crippen LogP contribution >= 0.6 is 0 Å². The lowest BCUT2D eigenvalue weighted by molar-refractivity contribution is -0.122. The van der Waals surface area contributed by atoms with Crippen molar-refractivity contribution in [2.75, 3.05) is 13.7 Å². The summed E-state index contributed by atoms with van der Waals surface area (Å²) in [4.78, 5) is 18.0. The Hall–Kier alpha value is -1.82. The normalized spacial score (nSPS) is 23.1. The maximum atomic E-state index is 11.3. The molecule has 0 aliphatic carbocycles. The van der Waals surface area contributed by atoms with Gasteiger partial charge >= 0.3 is 0 Å². The molecule has 2 heterocycles. The molecular weight excluding hydrogens is 222 g/mol. The van der Waals surface area contributed by atoms with Crippen molar-refractivity contribution >= 4 is 11.6 Å². The number of hydrogen-bond acceptors (Lipinski definition) is 5. The molecule has 2 N–H and O–H groups in total. The first-order valence-corrected chi connectivity index (χ1v) is 5.35. The summed E-state index contributed by atoms with van der Waals surface area (Å²) in [5.41, 5.74) is 6.19. The first kappa shape index (κ1) is 11.7. The second kappa shape index (κ2) is 5.01. The molecule has 0 saturated carbocycles. The van der Waals surface area contributed by atoms with E-state index in [0.29, 0.717) is 19.5 Å². The van der Waals surface area contributed by atoms with Crippen LogP contribution in [0.2, 0.25) is 0 Å². The Kier molecular flexibility index (Phi) is 3.43. The number of primary amides is 1. The van der Waals surface area contributed by atoms with Crippen LogP contribution in [0.15, 0.2) is 28.0 Å². The lowest BCUT2D eigenvalue weighted by atomic mass is 10.2. The zero-order valence-electron chi connectivity index (χ0n) is 9.63. The molecule has 1 amide bonds. The first-order chi connectivity index (χ1) is 8.20. The van der Waals surface area contributed by atoms with Crippen LogP contribution in [0.5, 0.6) is 0 Å². The highest BCUT2D eigenvalue weighted by atomic mass is 16.6. The van der Waals surface area contributed by atoms with Crippen LogP contribution in [0.4, 0.5) is 0 Å². The number of likely N-dealkylation sites (tertiary alicyclic amines) is 1. The zero-order chi connectivity index (χ0) is 12.3. The van der Waals surface area contributed by atoms with Crippen molar-refractivity contribution in [3.63, 3.8) is 0 Å². The number of carbonyl (C=O) groups is 1. The Morgan fingerprint density at radius 3 is 3.18 bits per heavy atom. The van der Waals surface area contributed by atoms with Gasteiger partial charge in [-0.25, -0.2) is 0 Å². The molecule has 1 aliphatic rings. The molecule has 6 nitrogen and oxygen atoms in total. The highest BCUT2D eigenvalue weighted by Crippen LogP contribution is 2.18. The van der Waals surface area contributed by atoms with E-state index in [9.17, 15) is 4.79 Å². The highest BCUT2D eigenvalue weighted by Gasteiger charge is 2.33. The number of hydrogen-bond donors (Lipinski definition) is 1. The van der Waals surface area contributed by atoms with Crippen LogP contribution in [0.3, 0.4) is 0 Å². The molecule has 0 radical (unpaired) electrons. The number of nitrogens with zero attached hydrogens (tertiary/aromatic N) is 2. The summed E-state index contributed by atoms with van der Waals surface area (Å²) < 4.78 is 5.25. The van der Waals surface area contributed by atoms with Crippen molar-refractivity contribution in [2.24, 2.45) is 10.9 Å². The van der Waals surface area contributed by atoms with E-state index in [2.05, 4.69) is 5.16 Å². The van der Waals surface area contributed by atoms with Crippen LogP contribution < -0.4 is 5.73 Å². The van der Waals surface area contributed by atoms with E-state index in [1.54, 1.807) is 6.26 Å². The van der Waals surface area contributed by atoms with Crippen LogP contribution in [0.25, 0.3) is 0 Å². The molecule has 1 aliphatic heterocycles. The smallest absolute Gasteiger partial charge is 0.235 e. The van der Waals surface area contributed by atoms with Gasteiger partial charge in [0.15, 0.2) is 0 Å². The summed E-state index contributed by atoms with van der Waals surface area (Å²) in [6.07, 6.45) is 2.12. The average molecular weight is 237 g/mol. The van der Waals surface area contributed by atoms with Crippen LogP contribution in [0, 0.1) is 0 Å². The predicted molar refractivity (Wildman–Crippen MR) is 61.2 cm³/mol. The second-order valence-corrected chi connectivity index (χ2v) is 3.95. The Morgan fingerprint density at radius 1 is 1.76 bits per heavy atom. The van der Waals surface area contributed by atoms with E-state index in [0.717, 1.165) is 11.5 Å². The summed E-state index contributed by atoms with van der Waals surface area (Å²) in [6.45, 7) is 1.12. The summed E-state index contributed by atoms with van der Waals surface area (Å²) in [6, 6.07) is 3.34. The fraction of sp³-hybridized carbons (Fsp3) is 0.455. The van der Waals surface area contributed by atoms with Gasteiger partial charge in [0, 0.05) is 13.0 Å². The molecule has 1 aromatic rings. The van der Waals surface area contributed by atoms with Crippen molar-refractivity contribution in [1.29, 1.82) is 0 Å². The van der Waals surface area contributed by atoms with Gasteiger partial charge in [0.05, 0.1) is 24.6 Å². The van der Waals surface area contributed by atoms with Gasteiger partial charge in [-0.1, -0.05) is 5.16 Å². The van der Waals surface area contributed by atoms with E-state index in [1.807, 2.05) is 17.0 Å². The van der Waals surface area contributed by atoms with Gasteiger partial charge in [-0.15, -0.1) is 0 Å². The van der Waals surface area contributed by atoms with Crippen molar-refractivity contribution in [3.05, 3.63) is 24.2 Å². The molecule has 1 unspecified atom stereocenters. The third-order valence-corrected chi connectivity index (χ3v) is 2.74. The Morgan fingerprint density at radius 2 is 2.59 bits per heavy atom. The maximum absolute atomic E-state index is 11.3. The zero-order valence-corrected chi connectivity index (χ0v) is 9.63. The maximum Gasteiger partial charge on any atom is 0.235 e. The number of rotatable bonds is 4. The van der Waals surface area contributed by atoms with E-state index in [1.165, 1.54) is 7.11 Å². The molecule has 2 rings (SSSR count). The van der Waals surface area contributed by atoms with E-state index in [4.69, 9.17) is 15.0 Å². The molecular formula is C11H15N3O3. The van der Waals surface area contributed by atoms with E-state index >= 15 is 0 Å². The first-order valence-electron chi connectivity index (χ1n) is 5.35. The highest BCUT2D eigenvalue weighted by molar-refractivity contribution is 5.95. The summed E-state index contributed by atoms with van der Waals surface area (Å²) >= 11 is 0. The van der Waals surface area contributed by atoms with Crippen molar-refractivity contribution in [1.82, 2.24) is 4.90 Å². The van der Waals surface area contributed by atoms with Crippen LogP contribution in [0.1, 0.15) is 12.2 Å².